The van der Waals surface area contributed by atoms with Crippen molar-refractivity contribution in [3.05, 3.63) is 0 Å². The number of thioether (sulfide) groups is 1. The number of Topliss-reactive ketones (excluding diaryl/α,β-unsaturated/α-hetero) is 1. The predicted molar refractivity (Wildman–Crippen MR) is 425 cm³/mol. The van der Waals surface area contributed by atoms with E-state index in [1.54, 1.807) is 0 Å². The number of unbranched alkanes of at least 4 members (excludes halogenated alkanes) is 3. The lowest BCUT2D eigenvalue weighted by molar-refractivity contribution is -0.142. The number of aliphatic hydroxyl groups excluding tert-OH is 2. The van der Waals surface area contributed by atoms with Crippen LogP contribution in [0.15, 0.2) is 0 Å². The van der Waals surface area contributed by atoms with Gasteiger partial charge in [-0.15, -0.1) is 11.8 Å². The molecule has 0 fully saturated rings. The summed E-state index contributed by atoms with van der Waals surface area (Å²) in [6.07, 6.45) is -5.11. The first-order chi connectivity index (χ1) is 56.6. The summed E-state index contributed by atoms with van der Waals surface area (Å²) in [5.41, 5.74) is 49.1. The number of carbonyl (C=O) groups excluding carboxylic acids is 22. The second-order valence-electron chi connectivity index (χ2n) is 27.9. The topological polar surface area (TPSA) is 880 Å². The second-order valence-corrected chi connectivity index (χ2v) is 29.0. The fraction of sp³-hybridized carbons (Fsp3) is 0.667. The van der Waals surface area contributed by atoms with Gasteiger partial charge in [0.05, 0.1) is 56.9 Å². The van der Waals surface area contributed by atoms with Crippen molar-refractivity contribution in [2.45, 2.75) is 241 Å². The molecule has 21 amide bonds. The van der Waals surface area contributed by atoms with Crippen molar-refractivity contribution < 1.29 is 126 Å². The molecule has 0 saturated carbocycles. The van der Waals surface area contributed by atoms with Crippen LogP contribution in [-0.4, -0.2) is 299 Å². The molecule has 0 saturated heterocycles. The molecule has 0 bridgehead atoms. The van der Waals surface area contributed by atoms with Crippen LogP contribution in [0.2, 0.25) is 0 Å². The second kappa shape index (κ2) is 58.1. The molecule has 0 rings (SSSR count). The minimum absolute atomic E-state index is 0.00966. The van der Waals surface area contributed by atoms with E-state index in [0.29, 0.717) is 32.1 Å². The molecule has 51 nitrogen and oxygen atoms in total. The van der Waals surface area contributed by atoms with Gasteiger partial charge in [0.1, 0.15) is 84.6 Å². The van der Waals surface area contributed by atoms with E-state index in [0.717, 1.165) is 46.4 Å². The monoisotopic (exact) mass is 1750 g/mol. The number of aliphatic hydroxyl groups is 2. The molecule has 52 heteroatoms. The van der Waals surface area contributed by atoms with E-state index in [2.05, 4.69) is 69.1 Å². The van der Waals surface area contributed by atoms with E-state index in [9.17, 15) is 126 Å². The smallest absolute Gasteiger partial charge is 0.305 e. The molecule has 0 aliphatic heterocycles. The van der Waals surface area contributed by atoms with Crippen LogP contribution >= 0.6 is 11.8 Å². The molecule has 37 N–H and O–H groups in total. The summed E-state index contributed by atoms with van der Waals surface area (Å²) in [5, 5.41) is 66.0. The summed E-state index contributed by atoms with van der Waals surface area (Å²) in [7, 11) is 0. The summed E-state index contributed by atoms with van der Waals surface area (Å²) in [6, 6.07) is -24.3. The lowest BCUT2D eigenvalue weighted by atomic mass is 10.0. The maximum Gasteiger partial charge on any atom is 0.305 e. The van der Waals surface area contributed by atoms with Crippen LogP contribution in [0.1, 0.15) is 144 Å². The number of carboxylic acids is 1. The van der Waals surface area contributed by atoms with Gasteiger partial charge in [-0.3, -0.25) is 110 Å². The molecule has 16 atom stereocenters. The number of carboxylic acid groups (broad SMARTS) is 1. The fourth-order valence-corrected chi connectivity index (χ4v) is 11.2. The first-order valence-corrected chi connectivity index (χ1v) is 39.4. The van der Waals surface area contributed by atoms with E-state index >= 15 is 0 Å². The van der Waals surface area contributed by atoms with Crippen LogP contribution in [0.5, 0.6) is 0 Å². The van der Waals surface area contributed by atoms with Crippen LogP contribution in [0.3, 0.4) is 0 Å². The Kier molecular flexibility index (Phi) is 52.4. The Morgan fingerprint density at radius 1 is 0.331 bits per heavy atom. The quantitative estimate of drug-likeness (QED) is 0.0251. The van der Waals surface area contributed by atoms with Crippen molar-refractivity contribution in [3.8, 4) is 0 Å². The highest BCUT2D eigenvalue weighted by molar-refractivity contribution is 8.00. The number of ketones is 1. The van der Waals surface area contributed by atoms with Gasteiger partial charge in [-0.1, -0.05) is 0 Å². The number of aliphatic carboxylic acids is 1. The first kappa shape index (κ1) is 109. The highest BCUT2D eigenvalue weighted by Crippen LogP contribution is 2.12. The molecule has 0 aromatic carbocycles. The molecule has 0 heterocycles. The lowest BCUT2D eigenvalue weighted by Crippen LogP contribution is -2.60. The Morgan fingerprint density at radius 3 is 0.975 bits per heavy atom. The SMILES string of the molecule is CC(=O)[C@H](CO)NC(=O)[C@H](CCCCN)NC(=O)[C@H](CCCCN)NC(=O)[C@H](CCCCN)NC(=O)[C@H](C)NC(=O)[C@H](CCC(N)=O)NC(=O)[C@H](CCC(N)=O)NC(=O)[C@H](C)NC(=O)[C@H](C)NC(=O)[C@H](C)NC(=O)[C@H](CC(=O)O)NC(=O)[C@@H](NC(=O)CNC(=O)[C@H](CC(N)=O)NC(=O)[C@H](CC(N)=O)NC(=O)CNC(=O)[C@@H](N)CSCC(N)=O)[C@@H](C)O. The van der Waals surface area contributed by atoms with Crippen molar-refractivity contribution >= 4 is 148 Å². The van der Waals surface area contributed by atoms with Gasteiger partial charge in [-0.25, -0.2) is 0 Å². The number of primary amides is 5. The van der Waals surface area contributed by atoms with Crippen LogP contribution in [-0.2, 0) is 110 Å². The minimum Gasteiger partial charge on any atom is -0.481 e. The molecule has 682 valence electrons. The highest BCUT2D eigenvalue weighted by atomic mass is 32.2. The Labute approximate surface area is 699 Å². The van der Waals surface area contributed by atoms with Crippen LogP contribution in [0, 0.1) is 0 Å². The molecular weight excluding hydrogens is 1630 g/mol. The molecule has 0 spiro atoms. The van der Waals surface area contributed by atoms with Gasteiger partial charge in [0.15, 0.2) is 5.78 Å². The van der Waals surface area contributed by atoms with E-state index in [4.69, 9.17) is 51.6 Å². The van der Waals surface area contributed by atoms with Gasteiger partial charge in [0.25, 0.3) is 0 Å². The largest absolute Gasteiger partial charge is 0.481 e. The maximum atomic E-state index is 14.1. The van der Waals surface area contributed by atoms with Gasteiger partial charge in [0.2, 0.25) is 124 Å². The molecule has 0 radical (unpaired) electrons. The Hall–Kier alpha value is -11.9. The third-order valence-corrected chi connectivity index (χ3v) is 18.4. The molecule has 0 aliphatic carbocycles. The molecule has 121 heavy (non-hydrogen) atoms. The number of hydrogen-bond donors (Lipinski definition) is 28. The van der Waals surface area contributed by atoms with Crippen molar-refractivity contribution in [1.82, 2.24) is 85.1 Å². The zero-order chi connectivity index (χ0) is 92.5. The average Bonchev–Trinajstić information content (AvgIpc) is 0.865. The molecule has 0 aromatic heterocycles. The van der Waals surface area contributed by atoms with Crippen LogP contribution in [0.25, 0.3) is 0 Å². The van der Waals surface area contributed by atoms with Gasteiger partial charge in [-0.2, -0.15) is 0 Å². The molecule has 0 aromatic rings. The summed E-state index contributed by atoms with van der Waals surface area (Å²) < 4.78 is 0. The number of rotatable bonds is 63. The van der Waals surface area contributed by atoms with Gasteiger partial charge >= 0.3 is 5.97 Å². The Morgan fingerprint density at radius 2 is 0.628 bits per heavy atom. The predicted octanol–water partition coefficient (Wildman–Crippen LogP) is -15.3. The number of hydrogen-bond acceptors (Lipinski definition) is 30. The highest BCUT2D eigenvalue weighted by Gasteiger charge is 2.38. The average molecular weight is 1750 g/mol. The normalized spacial score (nSPS) is 14.9. The number of amides is 21. The number of nitrogens with two attached hydrogens (primary N) is 9. The van der Waals surface area contributed by atoms with E-state index in [1.165, 1.54) is 6.92 Å². The maximum absolute atomic E-state index is 14.1. The summed E-state index contributed by atoms with van der Waals surface area (Å²) in [5.74, 6) is -25.4. The third-order valence-electron chi connectivity index (χ3n) is 17.3. The summed E-state index contributed by atoms with van der Waals surface area (Å²) in [6.45, 7) is 4.50. The zero-order valence-corrected chi connectivity index (χ0v) is 68.9. The summed E-state index contributed by atoms with van der Waals surface area (Å²) in [4.78, 5) is 299. The van der Waals surface area contributed by atoms with Gasteiger partial charge < -0.3 is 152 Å². The van der Waals surface area contributed by atoms with Crippen LogP contribution < -0.4 is 137 Å². The number of carbonyl (C=O) groups is 23. The van der Waals surface area contributed by atoms with Crippen molar-refractivity contribution in [3.63, 3.8) is 0 Å². The Balaban J connectivity index is 6.35. The third kappa shape index (κ3) is 45.8. The van der Waals surface area contributed by atoms with Gasteiger partial charge in [0, 0.05) is 18.6 Å². The standard InChI is InChI=1S/C69H119N25O26S/c1-31(81-57(108)32(2)84-67(118)45(25-54(105)106)92-69(120)55(36(6)97)94-53(104)27-80-61(112)43(23-49(76)100)91-68(119)44(24-50(77)101)85-52(103)26-79-60(111)37(73)29-121-30-51(78)102)56(107)82-33(3)58(109)87-42(17-19-48(75)99)66(117)90-41(16-18-47(74)98)62(113)83-34(4)59(110)86-38(13-7-10-20-70)63(114)88-39(14-8-11-21-71)64(115)89-40(15-9-12-22-72)65(116)93-46(28-95)35(5)96/h31-34,36-46,55,95,97H,7-30,70-73H2,1-6H3,(H2,74,98)(H2,75,99)(H2,76,100)(H2,77,101)(H2,78,102)(H,79,111)(H,80,112)(H,81,108)(H,82,107)(H,83,113)(H,84,118)(H,85,103)(H,86,110)(H,87,109)(H,88,114)(H,89,115)(H,90,117)(H,91,119)(H,92,120)(H,93,116)(H,94,104)(H,105,106)/t31-,32-,33-,34-,36+,37-,38-,39-,40-,41-,42-,43-,44-,45-,46-,55-/m0/s1. The minimum atomic E-state index is -2.09. The van der Waals surface area contributed by atoms with Crippen molar-refractivity contribution in [1.29, 1.82) is 0 Å². The zero-order valence-electron chi connectivity index (χ0n) is 68.0. The van der Waals surface area contributed by atoms with E-state index in [1.807, 2.05) is 16.0 Å². The van der Waals surface area contributed by atoms with Crippen LogP contribution in [0.4, 0.5) is 0 Å². The lowest BCUT2D eigenvalue weighted by Gasteiger charge is -2.27. The molecule has 0 aliphatic rings. The molecule has 0 unspecified atom stereocenters. The van der Waals surface area contributed by atoms with E-state index < -0.39 is 297 Å². The van der Waals surface area contributed by atoms with Gasteiger partial charge in [-0.05, 0) is 132 Å². The van der Waals surface area contributed by atoms with E-state index in [-0.39, 0.29) is 56.8 Å². The molecular formula is C69H119N25O26S. The Bertz CT molecular complexity index is 3640. The number of nitrogens with one attached hydrogen (secondary N) is 16. The summed E-state index contributed by atoms with van der Waals surface area (Å²) >= 11 is 0.923. The fourth-order valence-electron chi connectivity index (χ4n) is 10.5. The first-order valence-electron chi connectivity index (χ1n) is 38.3. The van der Waals surface area contributed by atoms with Crippen molar-refractivity contribution in [2.75, 3.05) is 50.8 Å². The van der Waals surface area contributed by atoms with Crippen molar-refractivity contribution in [2.24, 2.45) is 51.6 Å².